The summed E-state index contributed by atoms with van der Waals surface area (Å²) >= 11 is 0. The molecular formula is C15H30N2O. The van der Waals surface area contributed by atoms with Gasteiger partial charge in [-0.1, -0.05) is 18.6 Å². The van der Waals surface area contributed by atoms with Gasteiger partial charge < -0.3 is 10.4 Å². The first-order chi connectivity index (χ1) is 8.61. The van der Waals surface area contributed by atoms with Crippen molar-refractivity contribution >= 4 is 0 Å². The third kappa shape index (κ3) is 6.53. The van der Waals surface area contributed by atoms with Crippen LogP contribution in [0.1, 0.15) is 40.0 Å². The highest BCUT2D eigenvalue weighted by Crippen LogP contribution is 2.11. The second-order valence-electron chi connectivity index (χ2n) is 5.88. The van der Waals surface area contributed by atoms with Gasteiger partial charge in [0, 0.05) is 19.2 Å². The molecular weight excluding hydrogens is 224 g/mol. The number of nitrogens with zero attached hydrogens (tertiary/aromatic N) is 1. The van der Waals surface area contributed by atoms with Gasteiger partial charge in [-0.15, -0.1) is 0 Å². The van der Waals surface area contributed by atoms with Crippen molar-refractivity contribution in [2.75, 3.05) is 32.8 Å². The summed E-state index contributed by atoms with van der Waals surface area (Å²) in [5.41, 5.74) is 1.41. The van der Waals surface area contributed by atoms with Gasteiger partial charge in [0.1, 0.15) is 0 Å². The fraction of sp³-hybridized carbons (Fsp3) is 0.867. The molecule has 0 bridgehead atoms. The smallest absolute Gasteiger partial charge is 0.0434 e. The van der Waals surface area contributed by atoms with E-state index in [2.05, 4.69) is 37.1 Å². The van der Waals surface area contributed by atoms with E-state index in [9.17, 15) is 0 Å². The van der Waals surface area contributed by atoms with Gasteiger partial charge in [-0.25, -0.2) is 0 Å². The third-order valence-corrected chi connectivity index (χ3v) is 3.72. The fourth-order valence-electron chi connectivity index (χ4n) is 2.32. The lowest BCUT2D eigenvalue weighted by molar-refractivity contribution is 0.206. The molecule has 0 aromatic heterocycles. The SMILES string of the molecule is CC(C)=CCN1CCC(NCC(C)CCO)CC1. The van der Waals surface area contributed by atoms with Gasteiger partial charge in [-0.2, -0.15) is 0 Å². The van der Waals surface area contributed by atoms with Crippen LogP contribution in [0, 0.1) is 5.92 Å². The molecule has 1 aliphatic rings. The van der Waals surface area contributed by atoms with Crippen molar-refractivity contribution in [3.05, 3.63) is 11.6 Å². The molecule has 0 radical (unpaired) electrons. The Morgan fingerprint density at radius 1 is 1.39 bits per heavy atom. The van der Waals surface area contributed by atoms with Crippen molar-refractivity contribution in [2.24, 2.45) is 5.92 Å². The van der Waals surface area contributed by atoms with Gasteiger partial charge in [0.15, 0.2) is 0 Å². The average Bonchev–Trinajstić information content (AvgIpc) is 2.35. The Labute approximate surface area is 112 Å². The number of allylic oxidation sites excluding steroid dienone is 1. The number of aliphatic hydroxyl groups excluding tert-OH is 1. The maximum absolute atomic E-state index is 8.87. The van der Waals surface area contributed by atoms with Crippen LogP contribution in [0.25, 0.3) is 0 Å². The number of piperidine rings is 1. The highest BCUT2D eigenvalue weighted by atomic mass is 16.3. The van der Waals surface area contributed by atoms with Crippen LogP contribution in [0.2, 0.25) is 0 Å². The molecule has 0 aromatic rings. The lowest BCUT2D eigenvalue weighted by Gasteiger charge is -2.32. The minimum absolute atomic E-state index is 0.310. The minimum Gasteiger partial charge on any atom is -0.396 e. The van der Waals surface area contributed by atoms with E-state index >= 15 is 0 Å². The van der Waals surface area contributed by atoms with Crippen molar-refractivity contribution in [1.82, 2.24) is 10.2 Å². The molecule has 1 aliphatic heterocycles. The zero-order valence-electron chi connectivity index (χ0n) is 12.3. The quantitative estimate of drug-likeness (QED) is 0.682. The normalized spacial score (nSPS) is 19.8. The van der Waals surface area contributed by atoms with Crippen LogP contribution in [0.15, 0.2) is 11.6 Å². The summed E-state index contributed by atoms with van der Waals surface area (Å²) in [5, 5.41) is 12.5. The van der Waals surface area contributed by atoms with Crippen molar-refractivity contribution in [1.29, 1.82) is 0 Å². The zero-order chi connectivity index (χ0) is 13.4. The van der Waals surface area contributed by atoms with Gasteiger partial charge in [0.05, 0.1) is 0 Å². The van der Waals surface area contributed by atoms with Gasteiger partial charge in [-0.3, -0.25) is 4.90 Å². The monoisotopic (exact) mass is 254 g/mol. The largest absolute Gasteiger partial charge is 0.396 e. The van der Waals surface area contributed by atoms with E-state index in [0.717, 1.165) is 19.5 Å². The number of hydrogen-bond donors (Lipinski definition) is 2. The number of aliphatic hydroxyl groups is 1. The number of hydrogen-bond acceptors (Lipinski definition) is 3. The summed E-state index contributed by atoms with van der Waals surface area (Å²) in [6, 6.07) is 0.675. The van der Waals surface area contributed by atoms with Crippen molar-refractivity contribution < 1.29 is 5.11 Å². The molecule has 1 fully saturated rings. The van der Waals surface area contributed by atoms with Crippen LogP contribution < -0.4 is 5.32 Å². The molecule has 1 heterocycles. The lowest BCUT2D eigenvalue weighted by Crippen LogP contribution is -2.43. The number of rotatable bonds is 7. The van der Waals surface area contributed by atoms with Crippen LogP contribution in [0.3, 0.4) is 0 Å². The first-order valence-electron chi connectivity index (χ1n) is 7.31. The van der Waals surface area contributed by atoms with E-state index in [1.807, 2.05) is 0 Å². The van der Waals surface area contributed by atoms with E-state index in [4.69, 9.17) is 5.11 Å². The number of nitrogens with one attached hydrogen (secondary N) is 1. The molecule has 2 N–H and O–H groups in total. The first kappa shape index (κ1) is 15.7. The molecule has 3 nitrogen and oxygen atoms in total. The van der Waals surface area contributed by atoms with Gasteiger partial charge in [-0.05, 0) is 58.7 Å². The Kier molecular flexibility index (Phi) is 7.56. The third-order valence-electron chi connectivity index (χ3n) is 3.72. The molecule has 3 heteroatoms. The summed E-state index contributed by atoms with van der Waals surface area (Å²) in [7, 11) is 0. The lowest BCUT2D eigenvalue weighted by atomic mass is 10.0. The minimum atomic E-state index is 0.310. The van der Waals surface area contributed by atoms with Crippen molar-refractivity contribution in [3.63, 3.8) is 0 Å². The van der Waals surface area contributed by atoms with Crippen molar-refractivity contribution in [3.8, 4) is 0 Å². The fourth-order valence-corrected chi connectivity index (χ4v) is 2.32. The van der Waals surface area contributed by atoms with Gasteiger partial charge >= 0.3 is 0 Å². The molecule has 1 rings (SSSR count). The summed E-state index contributed by atoms with van der Waals surface area (Å²) in [6.07, 6.45) is 5.73. The molecule has 1 atom stereocenters. The molecule has 0 aromatic carbocycles. The van der Waals surface area contributed by atoms with E-state index in [1.54, 1.807) is 0 Å². The summed E-state index contributed by atoms with van der Waals surface area (Å²) in [5.74, 6) is 0.582. The second-order valence-corrected chi connectivity index (χ2v) is 5.88. The molecule has 106 valence electrons. The van der Waals surface area contributed by atoms with E-state index in [1.165, 1.54) is 31.5 Å². The molecule has 18 heavy (non-hydrogen) atoms. The summed E-state index contributed by atoms with van der Waals surface area (Å²) in [4.78, 5) is 2.53. The molecule has 0 aliphatic carbocycles. The van der Waals surface area contributed by atoms with Crippen LogP contribution in [0.4, 0.5) is 0 Å². The molecule has 1 unspecified atom stereocenters. The van der Waals surface area contributed by atoms with Gasteiger partial charge in [0.2, 0.25) is 0 Å². The maximum atomic E-state index is 8.87. The predicted molar refractivity (Wildman–Crippen MR) is 77.8 cm³/mol. The standard InChI is InChI=1S/C15H30N2O/c1-13(2)4-8-17-9-5-15(6-10-17)16-12-14(3)7-11-18/h4,14-16,18H,5-12H2,1-3H3. The van der Waals surface area contributed by atoms with E-state index in [0.29, 0.717) is 18.6 Å². The molecule has 0 saturated carbocycles. The second kappa shape index (κ2) is 8.68. The Hall–Kier alpha value is -0.380. The molecule has 0 amide bonds. The summed E-state index contributed by atoms with van der Waals surface area (Å²) in [6.45, 7) is 11.4. The van der Waals surface area contributed by atoms with E-state index < -0.39 is 0 Å². The maximum Gasteiger partial charge on any atom is 0.0434 e. The Morgan fingerprint density at radius 3 is 2.61 bits per heavy atom. The van der Waals surface area contributed by atoms with Crippen LogP contribution >= 0.6 is 0 Å². The topological polar surface area (TPSA) is 35.5 Å². The van der Waals surface area contributed by atoms with Crippen LogP contribution in [-0.4, -0.2) is 48.8 Å². The van der Waals surface area contributed by atoms with Crippen molar-refractivity contribution in [2.45, 2.75) is 46.1 Å². The Morgan fingerprint density at radius 2 is 2.06 bits per heavy atom. The molecule has 1 saturated heterocycles. The average molecular weight is 254 g/mol. The van der Waals surface area contributed by atoms with Crippen LogP contribution in [-0.2, 0) is 0 Å². The van der Waals surface area contributed by atoms with Gasteiger partial charge in [0.25, 0.3) is 0 Å². The highest BCUT2D eigenvalue weighted by molar-refractivity contribution is 4.95. The van der Waals surface area contributed by atoms with E-state index in [-0.39, 0.29) is 0 Å². The Bertz CT molecular complexity index is 241. The zero-order valence-corrected chi connectivity index (χ0v) is 12.3. The Balaban J connectivity index is 2.13. The highest BCUT2D eigenvalue weighted by Gasteiger charge is 2.18. The first-order valence-corrected chi connectivity index (χ1v) is 7.31. The summed E-state index contributed by atoms with van der Waals surface area (Å²) < 4.78 is 0. The predicted octanol–water partition coefficient (Wildman–Crippen LogP) is 2.03. The molecule has 0 spiro atoms. The van der Waals surface area contributed by atoms with Crippen LogP contribution in [0.5, 0.6) is 0 Å². The number of likely N-dealkylation sites (tertiary alicyclic amines) is 1.